The van der Waals surface area contributed by atoms with Crippen LogP contribution in [0, 0.1) is 0 Å². The number of nitrogens with zero attached hydrogens (tertiary/aromatic N) is 3. The van der Waals surface area contributed by atoms with Gasteiger partial charge in [0.05, 0.1) is 0 Å². The number of nitrogen functional groups attached to an aromatic ring is 1. The highest BCUT2D eigenvalue weighted by Crippen LogP contribution is 2.28. The van der Waals surface area contributed by atoms with Crippen molar-refractivity contribution in [3.8, 4) is 0 Å². The maximum Gasteiger partial charge on any atom is 0.135 e. The molecule has 104 valence electrons. The molecule has 0 radical (unpaired) electrons. The zero-order valence-electron chi connectivity index (χ0n) is 11.6. The first-order valence-electron chi connectivity index (χ1n) is 6.90. The van der Waals surface area contributed by atoms with E-state index in [9.17, 15) is 0 Å². The van der Waals surface area contributed by atoms with Gasteiger partial charge < -0.3 is 16.0 Å². The van der Waals surface area contributed by atoms with Gasteiger partial charge in [0.1, 0.15) is 18.0 Å². The van der Waals surface area contributed by atoms with Crippen molar-refractivity contribution in [2.75, 3.05) is 23.0 Å². The Labute approximate surface area is 118 Å². The molecule has 20 heavy (non-hydrogen) atoms. The summed E-state index contributed by atoms with van der Waals surface area (Å²) in [5.41, 5.74) is 7.40. The van der Waals surface area contributed by atoms with Gasteiger partial charge in [-0.2, -0.15) is 0 Å². The van der Waals surface area contributed by atoms with Gasteiger partial charge >= 0.3 is 0 Å². The molecule has 0 unspecified atom stereocenters. The van der Waals surface area contributed by atoms with Gasteiger partial charge in [-0.1, -0.05) is 0 Å². The number of nitrogens with one attached hydrogen (secondary N) is 1. The van der Waals surface area contributed by atoms with Crippen LogP contribution in [0.2, 0.25) is 0 Å². The molecule has 1 aliphatic rings. The first kappa shape index (κ1) is 12.7. The number of rotatable bonds is 4. The smallest absolute Gasteiger partial charge is 0.135 e. The third-order valence-electron chi connectivity index (χ3n) is 3.82. The summed E-state index contributed by atoms with van der Waals surface area (Å²) in [6.07, 6.45) is 5.42. The number of anilines is 4. The number of aromatic nitrogens is 2. The molecule has 1 heterocycles. The molecule has 5 nitrogen and oxygen atoms in total. The van der Waals surface area contributed by atoms with Crippen LogP contribution in [0.4, 0.5) is 23.0 Å². The van der Waals surface area contributed by atoms with E-state index in [1.54, 1.807) is 6.33 Å². The van der Waals surface area contributed by atoms with E-state index in [1.165, 1.54) is 19.3 Å². The zero-order valence-corrected chi connectivity index (χ0v) is 11.6. The van der Waals surface area contributed by atoms with Crippen molar-refractivity contribution in [1.29, 1.82) is 0 Å². The Balaban J connectivity index is 1.75. The molecule has 2 aromatic rings. The minimum absolute atomic E-state index is 0.620. The third kappa shape index (κ3) is 2.66. The number of nitrogens with two attached hydrogens (primary N) is 1. The van der Waals surface area contributed by atoms with E-state index in [0.717, 1.165) is 23.0 Å². The highest BCUT2D eigenvalue weighted by molar-refractivity contribution is 5.61. The van der Waals surface area contributed by atoms with Crippen molar-refractivity contribution < 1.29 is 0 Å². The predicted molar refractivity (Wildman–Crippen MR) is 82.2 cm³/mol. The van der Waals surface area contributed by atoms with Gasteiger partial charge in [0.15, 0.2) is 0 Å². The Morgan fingerprint density at radius 2 is 1.95 bits per heavy atom. The summed E-state index contributed by atoms with van der Waals surface area (Å²) in [7, 11) is 2.10. The van der Waals surface area contributed by atoms with Crippen molar-refractivity contribution in [2.45, 2.75) is 25.3 Å². The van der Waals surface area contributed by atoms with Crippen LogP contribution < -0.4 is 16.0 Å². The Kier molecular flexibility index (Phi) is 3.41. The molecule has 0 saturated heterocycles. The summed E-state index contributed by atoms with van der Waals surface area (Å²) in [4.78, 5) is 10.9. The second-order valence-corrected chi connectivity index (χ2v) is 5.20. The topological polar surface area (TPSA) is 67.1 Å². The van der Waals surface area contributed by atoms with Gasteiger partial charge in [-0.05, 0) is 43.5 Å². The van der Waals surface area contributed by atoms with E-state index in [0.29, 0.717) is 6.04 Å². The minimum Gasteiger partial charge on any atom is -0.399 e. The van der Waals surface area contributed by atoms with Crippen LogP contribution in [0.1, 0.15) is 19.3 Å². The molecule has 0 aliphatic heterocycles. The van der Waals surface area contributed by atoms with Crippen molar-refractivity contribution in [2.24, 2.45) is 0 Å². The van der Waals surface area contributed by atoms with Crippen LogP contribution >= 0.6 is 0 Å². The fraction of sp³-hybridized carbons (Fsp3) is 0.333. The van der Waals surface area contributed by atoms with E-state index in [2.05, 4.69) is 27.2 Å². The molecule has 0 atom stereocenters. The zero-order chi connectivity index (χ0) is 13.9. The number of hydrogen-bond donors (Lipinski definition) is 2. The molecule has 1 aliphatic carbocycles. The second kappa shape index (κ2) is 5.36. The standard InChI is InChI=1S/C15H19N5/c1-20(13-3-2-4-13)15-9-14(17-10-18-15)19-12-7-5-11(16)6-8-12/h5-10,13H,2-4,16H2,1H3,(H,17,18,19). The molecular formula is C15H19N5. The highest BCUT2D eigenvalue weighted by Gasteiger charge is 2.23. The molecule has 1 saturated carbocycles. The number of hydrogen-bond acceptors (Lipinski definition) is 5. The highest BCUT2D eigenvalue weighted by atomic mass is 15.2. The molecule has 1 aromatic heterocycles. The summed E-state index contributed by atoms with van der Waals surface area (Å²) < 4.78 is 0. The van der Waals surface area contributed by atoms with Crippen molar-refractivity contribution in [3.05, 3.63) is 36.7 Å². The minimum atomic E-state index is 0.620. The Morgan fingerprint density at radius 3 is 2.60 bits per heavy atom. The Hall–Kier alpha value is -2.30. The lowest BCUT2D eigenvalue weighted by Crippen LogP contribution is -2.37. The van der Waals surface area contributed by atoms with Crippen molar-refractivity contribution >= 4 is 23.0 Å². The molecule has 0 bridgehead atoms. The summed E-state index contributed by atoms with van der Waals surface area (Å²) in [5.74, 6) is 1.76. The van der Waals surface area contributed by atoms with Crippen LogP contribution in [0.3, 0.4) is 0 Å². The average molecular weight is 269 g/mol. The fourth-order valence-electron chi connectivity index (χ4n) is 2.28. The molecule has 3 rings (SSSR count). The van der Waals surface area contributed by atoms with Gasteiger partial charge in [-0.3, -0.25) is 0 Å². The average Bonchev–Trinajstić information content (AvgIpc) is 2.40. The molecule has 0 amide bonds. The first-order valence-corrected chi connectivity index (χ1v) is 6.90. The molecule has 1 fully saturated rings. The predicted octanol–water partition coefficient (Wildman–Crippen LogP) is 2.79. The molecule has 0 spiro atoms. The maximum absolute atomic E-state index is 5.68. The lowest BCUT2D eigenvalue weighted by Gasteiger charge is -2.35. The first-order chi connectivity index (χ1) is 9.72. The van der Waals surface area contributed by atoms with Crippen LogP contribution in [-0.4, -0.2) is 23.1 Å². The van der Waals surface area contributed by atoms with Crippen LogP contribution in [-0.2, 0) is 0 Å². The summed E-state index contributed by atoms with van der Waals surface area (Å²) in [6, 6.07) is 10.2. The van der Waals surface area contributed by atoms with Crippen LogP contribution in [0.5, 0.6) is 0 Å². The summed E-state index contributed by atoms with van der Waals surface area (Å²) in [6.45, 7) is 0. The monoisotopic (exact) mass is 269 g/mol. The fourth-order valence-corrected chi connectivity index (χ4v) is 2.28. The van der Waals surface area contributed by atoms with Gasteiger partial charge in [0.2, 0.25) is 0 Å². The Bertz CT molecular complexity index is 577. The summed E-state index contributed by atoms with van der Waals surface area (Å²) >= 11 is 0. The quantitative estimate of drug-likeness (QED) is 0.835. The SMILES string of the molecule is CN(c1cc(Nc2ccc(N)cc2)ncn1)C1CCC1. The largest absolute Gasteiger partial charge is 0.399 e. The van der Waals surface area contributed by atoms with Gasteiger partial charge in [-0.25, -0.2) is 9.97 Å². The third-order valence-corrected chi connectivity index (χ3v) is 3.82. The van der Waals surface area contributed by atoms with Crippen molar-refractivity contribution in [1.82, 2.24) is 9.97 Å². The lowest BCUT2D eigenvalue weighted by atomic mass is 9.92. The lowest BCUT2D eigenvalue weighted by molar-refractivity contribution is 0.399. The van der Waals surface area contributed by atoms with Crippen molar-refractivity contribution in [3.63, 3.8) is 0 Å². The Morgan fingerprint density at radius 1 is 1.20 bits per heavy atom. The van der Waals surface area contributed by atoms with E-state index >= 15 is 0 Å². The van der Waals surface area contributed by atoms with Crippen LogP contribution in [0.25, 0.3) is 0 Å². The molecule has 5 heteroatoms. The van der Waals surface area contributed by atoms with E-state index in [4.69, 9.17) is 5.73 Å². The van der Waals surface area contributed by atoms with Gasteiger partial charge in [0.25, 0.3) is 0 Å². The van der Waals surface area contributed by atoms with Gasteiger partial charge in [0, 0.05) is 30.5 Å². The van der Waals surface area contributed by atoms with E-state index in [-0.39, 0.29) is 0 Å². The van der Waals surface area contributed by atoms with E-state index < -0.39 is 0 Å². The number of benzene rings is 1. The maximum atomic E-state index is 5.68. The molecule has 1 aromatic carbocycles. The van der Waals surface area contributed by atoms with Gasteiger partial charge in [-0.15, -0.1) is 0 Å². The van der Waals surface area contributed by atoms with E-state index in [1.807, 2.05) is 30.3 Å². The molecule has 3 N–H and O–H groups in total. The van der Waals surface area contributed by atoms with Crippen LogP contribution in [0.15, 0.2) is 36.7 Å². The molecular weight excluding hydrogens is 250 g/mol. The summed E-state index contributed by atoms with van der Waals surface area (Å²) in [5, 5.41) is 3.27. The normalized spacial score (nSPS) is 14.7. The second-order valence-electron chi connectivity index (χ2n) is 5.20.